The lowest BCUT2D eigenvalue weighted by Gasteiger charge is -1.99. The van der Waals surface area contributed by atoms with Crippen LogP contribution in [0.4, 0.5) is 13.2 Å². The Morgan fingerprint density at radius 3 is 2.35 bits per heavy atom. The van der Waals surface area contributed by atoms with Crippen molar-refractivity contribution in [2.24, 2.45) is 5.92 Å². The van der Waals surface area contributed by atoms with Gasteiger partial charge in [0.15, 0.2) is 5.69 Å². The lowest BCUT2D eigenvalue weighted by Crippen LogP contribution is -2.10. The average molecular weight is 268 g/mol. The maximum absolute atomic E-state index is 12.0. The fourth-order valence-electron chi connectivity index (χ4n) is 0.651. The molecule has 0 spiro atoms. The van der Waals surface area contributed by atoms with Crippen molar-refractivity contribution in [1.82, 2.24) is 10.3 Å². The van der Waals surface area contributed by atoms with Crippen molar-refractivity contribution in [3.63, 3.8) is 0 Å². The summed E-state index contributed by atoms with van der Waals surface area (Å²) in [7, 11) is 0. The minimum atomic E-state index is -4.41. The monoisotopic (exact) mass is 268 g/mol. The molecule has 98 valence electrons. The third-order valence-corrected chi connectivity index (χ3v) is 2.03. The highest BCUT2D eigenvalue weighted by Gasteiger charge is 2.33. The molecule has 0 atom stereocenters. The van der Waals surface area contributed by atoms with E-state index in [2.05, 4.69) is 31.1 Å². The summed E-state index contributed by atoms with van der Waals surface area (Å²) in [6.45, 7) is 6.53. The van der Waals surface area contributed by atoms with Gasteiger partial charge in [-0.05, 0) is 5.92 Å². The van der Waals surface area contributed by atoms with Gasteiger partial charge in [0.05, 0.1) is 6.54 Å². The number of carbonyl (C=O) groups is 1. The van der Waals surface area contributed by atoms with E-state index in [0.717, 1.165) is 22.6 Å². The Bertz CT molecular complexity index is 334. The number of hydrogen-bond acceptors (Lipinski definition) is 3. The Kier molecular flexibility index (Phi) is 6.79. The van der Waals surface area contributed by atoms with E-state index in [-0.39, 0.29) is 11.6 Å². The molecule has 0 unspecified atom stereocenters. The van der Waals surface area contributed by atoms with E-state index in [1.54, 1.807) is 0 Å². The van der Waals surface area contributed by atoms with Gasteiger partial charge in [0.2, 0.25) is 6.41 Å². The van der Waals surface area contributed by atoms with Crippen LogP contribution in [0.5, 0.6) is 0 Å². The van der Waals surface area contributed by atoms with E-state index in [9.17, 15) is 18.0 Å². The van der Waals surface area contributed by atoms with Crippen LogP contribution in [0, 0.1) is 5.92 Å². The van der Waals surface area contributed by atoms with Crippen molar-refractivity contribution in [3.05, 3.63) is 16.1 Å². The van der Waals surface area contributed by atoms with Gasteiger partial charge in [-0.3, -0.25) is 4.79 Å². The fraction of sp³-hybridized carbons (Fsp3) is 0.600. The maximum atomic E-state index is 12.0. The van der Waals surface area contributed by atoms with Crippen LogP contribution in [0.2, 0.25) is 0 Å². The molecule has 0 saturated heterocycles. The first-order chi connectivity index (χ1) is 7.77. The Morgan fingerprint density at radius 1 is 1.47 bits per heavy atom. The van der Waals surface area contributed by atoms with Crippen molar-refractivity contribution >= 4 is 17.7 Å². The number of halogens is 3. The van der Waals surface area contributed by atoms with Crippen LogP contribution < -0.4 is 5.32 Å². The van der Waals surface area contributed by atoms with Crippen molar-refractivity contribution < 1.29 is 18.0 Å². The lowest BCUT2D eigenvalue weighted by molar-refractivity contribution is -0.140. The largest absolute Gasteiger partial charge is 0.434 e. The average Bonchev–Trinajstić information content (AvgIpc) is 2.61. The van der Waals surface area contributed by atoms with Crippen LogP contribution >= 0.6 is 11.3 Å². The zero-order valence-corrected chi connectivity index (χ0v) is 10.7. The molecular formula is C10H15F3N2OS. The number of rotatable bonds is 3. The second-order valence-electron chi connectivity index (χ2n) is 3.86. The zero-order valence-electron chi connectivity index (χ0n) is 9.84. The number of carbonyl (C=O) groups excluding carboxylic acids is 1. The van der Waals surface area contributed by atoms with E-state index in [1.807, 2.05) is 0 Å². The Labute approximate surface area is 102 Å². The van der Waals surface area contributed by atoms with Gasteiger partial charge in [0.1, 0.15) is 5.01 Å². The van der Waals surface area contributed by atoms with E-state index < -0.39 is 11.9 Å². The van der Waals surface area contributed by atoms with Crippen molar-refractivity contribution in [2.75, 3.05) is 0 Å². The number of nitrogens with zero attached hydrogens (tertiary/aromatic N) is 1. The minimum Gasteiger partial charge on any atom is -0.352 e. The van der Waals surface area contributed by atoms with Crippen LogP contribution in [-0.2, 0) is 17.5 Å². The van der Waals surface area contributed by atoms with Crippen LogP contribution in [0.1, 0.15) is 31.5 Å². The van der Waals surface area contributed by atoms with Gasteiger partial charge >= 0.3 is 6.18 Å². The van der Waals surface area contributed by atoms with Crippen molar-refractivity contribution in [2.45, 2.75) is 33.5 Å². The second kappa shape index (κ2) is 7.26. The quantitative estimate of drug-likeness (QED) is 0.856. The SMILES string of the molecule is CC(C)C.O=CNCc1nc(C(F)(F)F)cs1. The highest BCUT2D eigenvalue weighted by molar-refractivity contribution is 7.09. The summed E-state index contributed by atoms with van der Waals surface area (Å²) < 4.78 is 35.9. The molecular weight excluding hydrogens is 253 g/mol. The third-order valence-electron chi connectivity index (χ3n) is 1.18. The first kappa shape index (κ1) is 15.9. The Hall–Kier alpha value is -1.11. The summed E-state index contributed by atoms with van der Waals surface area (Å²) in [5, 5.41) is 3.38. The summed E-state index contributed by atoms with van der Waals surface area (Å²) in [5.74, 6) is 0.833. The maximum Gasteiger partial charge on any atom is 0.434 e. The van der Waals surface area contributed by atoms with E-state index in [4.69, 9.17) is 0 Å². The van der Waals surface area contributed by atoms with Gasteiger partial charge in [-0.15, -0.1) is 11.3 Å². The Morgan fingerprint density at radius 2 is 2.00 bits per heavy atom. The molecule has 0 aliphatic rings. The molecule has 7 heteroatoms. The molecule has 0 aliphatic heterocycles. The summed E-state index contributed by atoms with van der Waals surface area (Å²) in [6, 6.07) is 0. The molecule has 1 aromatic rings. The van der Waals surface area contributed by atoms with E-state index in [1.165, 1.54) is 0 Å². The lowest BCUT2D eigenvalue weighted by atomic mass is 10.3. The molecule has 0 radical (unpaired) electrons. The summed E-state index contributed by atoms with van der Waals surface area (Å²) in [5.41, 5.74) is -0.916. The summed E-state index contributed by atoms with van der Waals surface area (Å²) in [4.78, 5) is 13.1. The smallest absolute Gasteiger partial charge is 0.352 e. The van der Waals surface area contributed by atoms with Crippen molar-refractivity contribution in [3.8, 4) is 0 Å². The predicted octanol–water partition coefficient (Wildman–Crippen LogP) is 3.07. The van der Waals surface area contributed by atoms with E-state index in [0.29, 0.717) is 6.41 Å². The second-order valence-corrected chi connectivity index (χ2v) is 4.80. The number of alkyl halides is 3. The zero-order chi connectivity index (χ0) is 13.5. The van der Waals surface area contributed by atoms with Gasteiger partial charge in [-0.25, -0.2) is 4.98 Å². The standard InChI is InChI=1S/C6H5F3N2OS.C4H10/c7-6(8,9)4-2-13-5(11-4)1-10-3-12;1-4(2)3/h2-3H,1H2,(H,10,12);4H,1-3H3. The number of thiazole rings is 1. The molecule has 0 saturated carbocycles. The minimum absolute atomic E-state index is 0.0320. The van der Waals surface area contributed by atoms with Gasteiger partial charge in [0, 0.05) is 5.38 Å². The first-order valence-electron chi connectivity index (χ1n) is 4.96. The highest BCUT2D eigenvalue weighted by atomic mass is 32.1. The predicted molar refractivity (Wildman–Crippen MR) is 60.5 cm³/mol. The first-order valence-corrected chi connectivity index (χ1v) is 5.84. The molecule has 0 fully saturated rings. The molecule has 0 bridgehead atoms. The molecule has 0 aromatic carbocycles. The van der Waals surface area contributed by atoms with Crippen LogP contribution in [-0.4, -0.2) is 11.4 Å². The van der Waals surface area contributed by atoms with Gasteiger partial charge in [-0.1, -0.05) is 20.8 Å². The summed E-state index contributed by atoms with van der Waals surface area (Å²) >= 11 is 0.864. The number of hydrogen-bond donors (Lipinski definition) is 1. The van der Waals surface area contributed by atoms with Gasteiger partial charge in [0.25, 0.3) is 0 Å². The molecule has 17 heavy (non-hydrogen) atoms. The van der Waals surface area contributed by atoms with E-state index >= 15 is 0 Å². The fourth-order valence-corrected chi connectivity index (χ4v) is 1.40. The molecule has 1 heterocycles. The van der Waals surface area contributed by atoms with Gasteiger partial charge < -0.3 is 5.32 Å². The molecule has 1 aromatic heterocycles. The van der Waals surface area contributed by atoms with Gasteiger partial charge in [-0.2, -0.15) is 13.2 Å². The van der Waals surface area contributed by atoms with Crippen LogP contribution in [0.3, 0.4) is 0 Å². The molecule has 1 rings (SSSR count). The molecule has 1 amide bonds. The molecule has 3 nitrogen and oxygen atoms in total. The Balaban J connectivity index is 0.000000557. The molecule has 1 N–H and O–H groups in total. The summed E-state index contributed by atoms with van der Waals surface area (Å²) in [6.07, 6.45) is -4.00. The third kappa shape index (κ3) is 7.73. The highest BCUT2D eigenvalue weighted by Crippen LogP contribution is 2.29. The number of amides is 1. The van der Waals surface area contributed by atoms with Crippen molar-refractivity contribution in [1.29, 1.82) is 0 Å². The topological polar surface area (TPSA) is 42.0 Å². The van der Waals surface area contributed by atoms with Crippen LogP contribution in [0.25, 0.3) is 0 Å². The number of aromatic nitrogens is 1. The normalized spacial score (nSPS) is 10.8. The number of nitrogens with one attached hydrogen (secondary N) is 1. The van der Waals surface area contributed by atoms with Crippen LogP contribution in [0.15, 0.2) is 5.38 Å². The molecule has 0 aliphatic carbocycles.